The predicted octanol–water partition coefficient (Wildman–Crippen LogP) is 3.41. The van der Waals surface area contributed by atoms with Crippen LogP contribution in [0.4, 0.5) is 5.69 Å². The lowest BCUT2D eigenvalue weighted by molar-refractivity contribution is -0.115. The summed E-state index contributed by atoms with van der Waals surface area (Å²) in [7, 11) is 0. The van der Waals surface area contributed by atoms with Crippen molar-refractivity contribution in [2.75, 3.05) is 5.32 Å². The van der Waals surface area contributed by atoms with E-state index < -0.39 is 0 Å². The third kappa shape index (κ3) is 3.48. The number of nitrogens with one attached hydrogen (secondary N) is 2. The molecule has 0 aliphatic carbocycles. The third-order valence-electron chi connectivity index (χ3n) is 4.26. The number of hydrogen-bond acceptors (Lipinski definition) is 2. The quantitative estimate of drug-likeness (QED) is 0.910. The molecule has 0 saturated carbocycles. The molecule has 1 aliphatic heterocycles. The van der Waals surface area contributed by atoms with Crippen LogP contribution >= 0.6 is 0 Å². The van der Waals surface area contributed by atoms with Gasteiger partial charge in [0.05, 0.1) is 6.42 Å². The zero-order valence-corrected chi connectivity index (χ0v) is 14.3. The molecule has 24 heavy (non-hydrogen) atoms. The van der Waals surface area contributed by atoms with E-state index in [0.717, 1.165) is 16.8 Å². The van der Waals surface area contributed by atoms with Gasteiger partial charge in [-0.15, -0.1) is 0 Å². The molecule has 2 N–H and O–H groups in total. The van der Waals surface area contributed by atoms with E-state index in [1.807, 2.05) is 42.5 Å². The molecule has 4 heteroatoms. The summed E-state index contributed by atoms with van der Waals surface area (Å²) in [6.07, 6.45) is 0.408. The number of carbonyl (C=O) groups is 2. The summed E-state index contributed by atoms with van der Waals surface area (Å²) < 4.78 is 0. The monoisotopic (exact) mass is 322 g/mol. The second-order valence-corrected chi connectivity index (χ2v) is 7.23. The van der Waals surface area contributed by atoms with Gasteiger partial charge in [0.15, 0.2) is 0 Å². The topological polar surface area (TPSA) is 58.2 Å². The fourth-order valence-corrected chi connectivity index (χ4v) is 2.80. The van der Waals surface area contributed by atoms with Gasteiger partial charge in [0.25, 0.3) is 5.91 Å². The van der Waals surface area contributed by atoms with E-state index in [-0.39, 0.29) is 17.2 Å². The molecule has 3 rings (SSSR count). The fourth-order valence-electron chi connectivity index (χ4n) is 2.80. The Morgan fingerprint density at radius 2 is 1.83 bits per heavy atom. The second kappa shape index (κ2) is 6.11. The lowest BCUT2D eigenvalue weighted by Gasteiger charge is -2.19. The minimum Gasteiger partial charge on any atom is -0.348 e. The first-order valence-corrected chi connectivity index (χ1v) is 8.13. The molecular formula is C20H22N2O2. The molecule has 4 nitrogen and oxygen atoms in total. The normalized spacial score (nSPS) is 13.4. The van der Waals surface area contributed by atoms with E-state index >= 15 is 0 Å². The maximum absolute atomic E-state index is 12.3. The lowest BCUT2D eigenvalue weighted by Crippen LogP contribution is -2.23. The molecule has 2 aromatic carbocycles. The first kappa shape index (κ1) is 16.2. The Bertz CT molecular complexity index is 786. The molecule has 124 valence electrons. The SMILES string of the molecule is CC(C)(C)c1ccc(C(=O)NCc2ccc3c(c2)CC(=O)N3)cc1. The van der Waals surface area contributed by atoms with Crippen LogP contribution in [-0.4, -0.2) is 11.8 Å². The lowest BCUT2D eigenvalue weighted by atomic mass is 9.87. The van der Waals surface area contributed by atoms with E-state index in [1.54, 1.807) is 0 Å². The minimum atomic E-state index is -0.0924. The molecule has 1 heterocycles. The smallest absolute Gasteiger partial charge is 0.251 e. The van der Waals surface area contributed by atoms with Crippen molar-refractivity contribution in [3.8, 4) is 0 Å². The van der Waals surface area contributed by atoms with Gasteiger partial charge in [-0.3, -0.25) is 9.59 Å². The molecule has 0 saturated heterocycles. The number of amides is 2. The molecule has 2 aromatic rings. The van der Waals surface area contributed by atoms with Crippen molar-refractivity contribution in [2.45, 2.75) is 39.2 Å². The van der Waals surface area contributed by atoms with Crippen LogP contribution in [0.15, 0.2) is 42.5 Å². The van der Waals surface area contributed by atoms with Crippen LogP contribution in [0, 0.1) is 0 Å². The van der Waals surface area contributed by atoms with Crippen LogP contribution in [0.2, 0.25) is 0 Å². The standard InChI is InChI=1S/C20H22N2O2/c1-20(2,3)16-7-5-14(6-8-16)19(24)21-12-13-4-9-17-15(10-13)11-18(23)22-17/h4-10H,11-12H2,1-3H3,(H,21,24)(H,22,23). The zero-order valence-electron chi connectivity index (χ0n) is 14.3. The largest absolute Gasteiger partial charge is 0.348 e. The van der Waals surface area contributed by atoms with Gasteiger partial charge >= 0.3 is 0 Å². The van der Waals surface area contributed by atoms with Crippen molar-refractivity contribution in [1.82, 2.24) is 5.32 Å². The maximum atomic E-state index is 12.3. The van der Waals surface area contributed by atoms with Crippen molar-refractivity contribution in [2.24, 2.45) is 0 Å². The summed E-state index contributed by atoms with van der Waals surface area (Å²) in [6, 6.07) is 13.5. The third-order valence-corrected chi connectivity index (χ3v) is 4.26. The Hall–Kier alpha value is -2.62. The summed E-state index contributed by atoms with van der Waals surface area (Å²) in [5.74, 6) is -0.0738. The Morgan fingerprint density at radius 3 is 2.50 bits per heavy atom. The maximum Gasteiger partial charge on any atom is 0.251 e. The summed E-state index contributed by atoms with van der Waals surface area (Å²) in [5, 5.41) is 5.74. The average Bonchev–Trinajstić information content (AvgIpc) is 2.91. The molecule has 2 amide bonds. The van der Waals surface area contributed by atoms with Crippen LogP contribution in [0.3, 0.4) is 0 Å². The number of hydrogen-bond donors (Lipinski definition) is 2. The summed E-state index contributed by atoms with van der Waals surface area (Å²) in [5.41, 5.74) is 4.78. The molecule has 0 spiro atoms. The van der Waals surface area contributed by atoms with Crippen LogP contribution in [-0.2, 0) is 23.2 Å². The van der Waals surface area contributed by atoms with Crippen LogP contribution in [0.5, 0.6) is 0 Å². The van der Waals surface area contributed by atoms with Crippen molar-refractivity contribution in [3.05, 3.63) is 64.7 Å². The number of fused-ring (bicyclic) bond motifs is 1. The molecule has 0 bridgehead atoms. The molecule has 0 atom stereocenters. The van der Waals surface area contributed by atoms with E-state index in [0.29, 0.717) is 18.5 Å². The molecule has 0 radical (unpaired) electrons. The van der Waals surface area contributed by atoms with Crippen molar-refractivity contribution in [3.63, 3.8) is 0 Å². The van der Waals surface area contributed by atoms with Gasteiger partial charge in [-0.2, -0.15) is 0 Å². The number of benzene rings is 2. The highest BCUT2D eigenvalue weighted by atomic mass is 16.2. The van der Waals surface area contributed by atoms with Crippen molar-refractivity contribution in [1.29, 1.82) is 0 Å². The summed E-state index contributed by atoms with van der Waals surface area (Å²) in [4.78, 5) is 23.7. The zero-order chi connectivity index (χ0) is 17.3. The summed E-state index contributed by atoms with van der Waals surface area (Å²) >= 11 is 0. The number of rotatable bonds is 3. The molecule has 1 aliphatic rings. The first-order chi connectivity index (χ1) is 11.3. The van der Waals surface area contributed by atoms with Crippen LogP contribution in [0.1, 0.15) is 47.8 Å². The molecule has 0 aromatic heterocycles. The van der Waals surface area contributed by atoms with Crippen LogP contribution in [0.25, 0.3) is 0 Å². The van der Waals surface area contributed by atoms with E-state index in [2.05, 4.69) is 31.4 Å². The Kier molecular flexibility index (Phi) is 4.14. The molecule has 0 fully saturated rings. The Labute approximate surface area is 142 Å². The van der Waals surface area contributed by atoms with Crippen LogP contribution < -0.4 is 10.6 Å². The second-order valence-electron chi connectivity index (χ2n) is 7.23. The van der Waals surface area contributed by atoms with E-state index in [9.17, 15) is 9.59 Å². The van der Waals surface area contributed by atoms with Gasteiger partial charge in [0.2, 0.25) is 5.91 Å². The average molecular weight is 322 g/mol. The van der Waals surface area contributed by atoms with Crippen molar-refractivity contribution < 1.29 is 9.59 Å². The van der Waals surface area contributed by atoms with Gasteiger partial charge in [-0.05, 0) is 40.3 Å². The summed E-state index contributed by atoms with van der Waals surface area (Å²) in [6.45, 7) is 6.89. The van der Waals surface area contributed by atoms with Crippen molar-refractivity contribution >= 4 is 17.5 Å². The number of anilines is 1. The number of carbonyl (C=O) groups excluding carboxylic acids is 2. The van der Waals surface area contributed by atoms with Gasteiger partial charge in [0.1, 0.15) is 0 Å². The highest BCUT2D eigenvalue weighted by Crippen LogP contribution is 2.24. The predicted molar refractivity (Wildman–Crippen MR) is 95.1 cm³/mol. The fraction of sp³-hybridized carbons (Fsp3) is 0.300. The first-order valence-electron chi connectivity index (χ1n) is 8.13. The van der Waals surface area contributed by atoms with Gasteiger partial charge in [0, 0.05) is 17.8 Å². The van der Waals surface area contributed by atoms with Gasteiger partial charge < -0.3 is 10.6 Å². The van der Waals surface area contributed by atoms with Gasteiger partial charge in [-0.1, -0.05) is 45.0 Å². The Balaban J connectivity index is 1.64. The van der Waals surface area contributed by atoms with E-state index in [4.69, 9.17) is 0 Å². The molecule has 0 unspecified atom stereocenters. The Morgan fingerprint density at radius 1 is 1.12 bits per heavy atom. The minimum absolute atomic E-state index is 0.0186. The highest BCUT2D eigenvalue weighted by molar-refractivity contribution is 5.99. The van der Waals surface area contributed by atoms with E-state index in [1.165, 1.54) is 5.56 Å². The molecular weight excluding hydrogens is 300 g/mol. The highest BCUT2D eigenvalue weighted by Gasteiger charge is 2.18. The van der Waals surface area contributed by atoms with Gasteiger partial charge in [-0.25, -0.2) is 0 Å².